The number of fused-ring (bicyclic) bond motifs is 1. The fourth-order valence-electron chi connectivity index (χ4n) is 2.59. The van der Waals surface area contributed by atoms with E-state index in [0.717, 1.165) is 19.1 Å². The van der Waals surface area contributed by atoms with E-state index in [0.29, 0.717) is 0 Å². The molecule has 2 aromatic rings. The number of aromatic amines is 1. The van der Waals surface area contributed by atoms with Crippen molar-refractivity contribution in [2.24, 2.45) is 0 Å². The van der Waals surface area contributed by atoms with Gasteiger partial charge in [0.1, 0.15) is 0 Å². The SMILES string of the molecule is Cc1[nH]c2ccccc2c1N(C)CCNC1CC1. The van der Waals surface area contributed by atoms with E-state index < -0.39 is 0 Å². The normalized spacial score (nSPS) is 15.2. The fraction of sp³-hybridized carbons (Fsp3) is 0.467. The summed E-state index contributed by atoms with van der Waals surface area (Å²) < 4.78 is 0. The van der Waals surface area contributed by atoms with Crippen LogP contribution in [0, 0.1) is 6.92 Å². The smallest absolute Gasteiger partial charge is 0.0652 e. The predicted octanol–water partition coefficient (Wildman–Crippen LogP) is 2.66. The highest BCUT2D eigenvalue weighted by atomic mass is 15.1. The maximum absolute atomic E-state index is 3.57. The second kappa shape index (κ2) is 4.65. The monoisotopic (exact) mass is 243 g/mol. The van der Waals surface area contributed by atoms with E-state index >= 15 is 0 Å². The molecule has 0 bridgehead atoms. The molecule has 18 heavy (non-hydrogen) atoms. The van der Waals surface area contributed by atoms with Crippen molar-refractivity contribution in [3.8, 4) is 0 Å². The minimum atomic E-state index is 0.794. The molecule has 1 aliphatic rings. The van der Waals surface area contributed by atoms with Crippen molar-refractivity contribution in [2.45, 2.75) is 25.8 Å². The van der Waals surface area contributed by atoms with Crippen molar-refractivity contribution in [3.05, 3.63) is 30.0 Å². The second-order valence-corrected chi connectivity index (χ2v) is 5.29. The van der Waals surface area contributed by atoms with E-state index in [-0.39, 0.29) is 0 Å². The zero-order chi connectivity index (χ0) is 12.5. The second-order valence-electron chi connectivity index (χ2n) is 5.29. The Balaban J connectivity index is 1.76. The molecule has 1 saturated carbocycles. The van der Waals surface area contributed by atoms with Crippen LogP contribution in [0.5, 0.6) is 0 Å². The van der Waals surface area contributed by atoms with Gasteiger partial charge in [-0.25, -0.2) is 0 Å². The number of nitrogens with zero attached hydrogens (tertiary/aromatic N) is 1. The van der Waals surface area contributed by atoms with Gasteiger partial charge in [0.2, 0.25) is 0 Å². The average molecular weight is 243 g/mol. The summed E-state index contributed by atoms with van der Waals surface area (Å²) in [5.41, 5.74) is 3.82. The van der Waals surface area contributed by atoms with Gasteiger partial charge in [-0.05, 0) is 25.8 Å². The van der Waals surface area contributed by atoms with E-state index in [1.807, 2.05) is 0 Å². The number of nitrogens with one attached hydrogen (secondary N) is 2. The lowest BCUT2D eigenvalue weighted by atomic mass is 10.2. The molecule has 3 nitrogen and oxygen atoms in total. The third-order valence-electron chi connectivity index (χ3n) is 3.70. The van der Waals surface area contributed by atoms with Crippen LogP contribution in [0.4, 0.5) is 5.69 Å². The van der Waals surface area contributed by atoms with Crippen molar-refractivity contribution in [1.29, 1.82) is 0 Å². The molecule has 0 radical (unpaired) electrons. The van der Waals surface area contributed by atoms with Gasteiger partial charge in [0.25, 0.3) is 0 Å². The van der Waals surface area contributed by atoms with Gasteiger partial charge in [0, 0.05) is 42.8 Å². The van der Waals surface area contributed by atoms with Crippen molar-refractivity contribution in [3.63, 3.8) is 0 Å². The van der Waals surface area contributed by atoms with Crippen molar-refractivity contribution in [1.82, 2.24) is 10.3 Å². The van der Waals surface area contributed by atoms with Gasteiger partial charge >= 0.3 is 0 Å². The van der Waals surface area contributed by atoms with Gasteiger partial charge in [-0.3, -0.25) is 0 Å². The summed E-state index contributed by atoms with van der Waals surface area (Å²) in [5.74, 6) is 0. The lowest BCUT2D eigenvalue weighted by Crippen LogP contribution is -2.30. The number of rotatable bonds is 5. The summed E-state index contributed by atoms with van der Waals surface area (Å²) >= 11 is 0. The summed E-state index contributed by atoms with van der Waals surface area (Å²) in [7, 11) is 2.18. The Morgan fingerprint density at radius 3 is 2.89 bits per heavy atom. The standard InChI is InChI=1S/C15H21N3/c1-11-15(13-5-3-4-6-14(13)17-11)18(2)10-9-16-12-7-8-12/h3-6,12,16-17H,7-10H2,1-2H3. The first-order valence-corrected chi connectivity index (χ1v) is 6.77. The highest BCUT2D eigenvalue weighted by Crippen LogP contribution is 2.29. The molecule has 0 amide bonds. The molecule has 2 N–H and O–H groups in total. The quantitative estimate of drug-likeness (QED) is 0.846. The first-order chi connectivity index (χ1) is 8.75. The number of hydrogen-bond acceptors (Lipinski definition) is 2. The Kier molecular flexibility index (Phi) is 3.00. The number of aromatic nitrogens is 1. The number of likely N-dealkylation sites (N-methyl/N-ethyl adjacent to an activating group) is 1. The molecule has 96 valence electrons. The van der Waals surface area contributed by atoms with E-state index in [1.165, 1.54) is 35.1 Å². The van der Waals surface area contributed by atoms with Gasteiger partial charge in [0.05, 0.1) is 5.69 Å². The summed E-state index contributed by atoms with van der Waals surface area (Å²) in [6.45, 7) is 4.28. The summed E-state index contributed by atoms with van der Waals surface area (Å²) in [6.07, 6.45) is 2.71. The lowest BCUT2D eigenvalue weighted by Gasteiger charge is -2.20. The van der Waals surface area contributed by atoms with E-state index in [2.05, 4.69) is 53.4 Å². The summed E-state index contributed by atoms with van der Waals surface area (Å²) in [4.78, 5) is 5.81. The minimum absolute atomic E-state index is 0.794. The molecule has 1 aliphatic carbocycles. The minimum Gasteiger partial charge on any atom is -0.371 e. The molecular weight excluding hydrogens is 222 g/mol. The molecule has 1 heterocycles. The summed E-state index contributed by atoms with van der Waals surface area (Å²) in [6, 6.07) is 9.31. The summed E-state index contributed by atoms with van der Waals surface area (Å²) in [5, 5.41) is 4.89. The Hall–Kier alpha value is -1.48. The topological polar surface area (TPSA) is 31.1 Å². The largest absolute Gasteiger partial charge is 0.371 e. The van der Waals surface area contributed by atoms with Crippen molar-refractivity contribution < 1.29 is 0 Å². The Bertz CT molecular complexity index is 540. The average Bonchev–Trinajstić information content (AvgIpc) is 3.10. The number of aryl methyl sites for hydroxylation is 1. The van der Waals surface area contributed by atoms with Crippen LogP contribution in [-0.4, -0.2) is 31.2 Å². The van der Waals surface area contributed by atoms with Crippen LogP contribution in [0.15, 0.2) is 24.3 Å². The maximum Gasteiger partial charge on any atom is 0.0652 e. The van der Waals surface area contributed by atoms with E-state index in [1.54, 1.807) is 0 Å². The van der Waals surface area contributed by atoms with Crippen LogP contribution in [0.2, 0.25) is 0 Å². The number of anilines is 1. The number of hydrogen-bond donors (Lipinski definition) is 2. The lowest BCUT2D eigenvalue weighted by molar-refractivity contribution is 0.675. The highest BCUT2D eigenvalue weighted by molar-refractivity contribution is 5.94. The van der Waals surface area contributed by atoms with Crippen LogP contribution in [-0.2, 0) is 0 Å². The van der Waals surface area contributed by atoms with E-state index in [4.69, 9.17) is 0 Å². The number of benzene rings is 1. The van der Waals surface area contributed by atoms with Crippen LogP contribution >= 0.6 is 0 Å². The van der Waals surface area contributed by atoms with Crippen LogP contribution in [0.1, 0.15) is 18.5 Å². The molecule has 1 fully saturated rings. The molecule has 0 saturated heterocycles. The zero-order valence-electron chi connectivity index (χ0n) is 11.2. The van der Waals surface area contributed by atoms with Crippen molar-refractivity contribution in [2.75, 3.05) is 25.0 Å². The molecule has 3 rings (SSSR count). The zero-order valence-corrected chi connectivity index (χ0v) is 11.2. The van der Waals surface area contributed by atoms with Crippen molar-refractivity contribution >= 4 is 16.6 Å². The molecular formula is C15H21N3. The van der Waals surface area contributed by atoms with E-state index in [9.17, 15) is 0 Å². The maximum atomic E-state index is 3.57. The molecule has 0 unspecified atom stereocenters. The molecule has 0 atom stereocenters. The third-order valence-corrected chi connectivity index (χ3v) is 3.70. The van der Waals surface area contributed by atoms with Gasteiger partial charge in [-0.1, -0.05) is 18.2 Å². The molecule has 1 aromatic heterocycles. The van der Waals surface area contributed by atoms with Crippen LogP contribution in [0.25, 0.3) is 10.9 Å². The van der Waals surface area contributed by atoms with Gasteiger partial charge in [-0.15, -0.1) is 0 Å². The molecule has 0 spiro atoms. The van der Waals surface area contributed by atoms with Crippen LogP contribution in [0.3, 0.4) is 0 Å². The highest BCUT2D eigenvalue weighted by Gasteiger charge is 2.20. The van der Waals surface area contributed by atoms with Gasteiger partial charge in [0.15, 0.2) is 0 Å². The first-order valence-electron chi connectivity index (χ1n) is 6.77. The molecule has 0 aliphatic heterocycles. The Morgan fingerprint density at radius 2 is 2.11 bits per heavy atom. The van der Waals surface area contributed by atoms with Gasteiger partial charge in [-0.2, -0.15) is 0 Å². The third kappa shape index (κ3) is 2.23. The first kappa shape index (κ1) is 11.6. The predicted molar refractivity (Wildman–Crippen MR) is 77.3 cm³/mol. The Labute approximate surface area is 108 Å². The van der Waals surface area contributed by atoms with Gasteiger partial charge < -0.3 is 15.2 Å². The Morgan fingerprint density at radius 1 is 1.33 bits per heavy atom. The van der Waals surface area contributed by atoms with Crippen LogP contribution < -0.4 is 10.2 Å². The fourth-order valence-corrected chi connectivity index (χ4v) is 2.59. The molecule has 3 heteroatoms. The number of H-pyrrole nitrogens is 1. The molecule has 1 aromatic carbocycles. The number of para-hydroxylation sites is 1.